The van der Waals surface area contributed by atoms with E-state index in [2.05, 4.69) is 10.3 Å². The van der Waals surface area contributed by atoms with Gasteiger partial charge in [-0.2, -0.15) is 0 Å². The molecule has 0 saturated carbocycles. The Balaban J connectivity index is 1.53. The molecular weight excluding hydrogens is 306 g/mol. The van der Waals surface area contributed by atoms with E-state index in [1.807, 2.05) is 42.5 Å². The second-order valence-corrected chi connectivity index (χ2v) is 6.69. The molecule has 3 N–H and O–H groups in total. The molecule has 0 spiro atoms. The second kappa shape index (κ2) is 7.33. The Hall–Kier alpha value is -2.27. The van der Waals surface area contributed by atoms with Crippen molar-refractivity contribution in [1.29, 1.82) is 0 Å². The van der Waals surface area contributed by atoms with Gasteiger partial charge in [0, 0.05) is 36.2 Å². The molecule has 3 rings (SSSR count). The van der Waals surface area contributed by atoms with E-state index in [-0.39, 0.29) is 11.2 Å². The fourth-order valence-corrected chi connectivity index (χ4v) is 3.77. The Bertz CT molecular complexity index is 701. The number of carbonyl (C=O) groups is 1. The smallest absolute Gasteiger partial charge is 0.225 e. The molecule has 5 heteroatoms. The van der Waals surface area contributed by atoms with E-state index in [0.29, 0.717) is 6.42 Å². The fraction of sp³-hybridized carbons (Fsp3) is 0.222. The Kier molecular flexibility index (Phi) is 4.98. The lowest BCUT2D eigenvalue weighted by molar-refractivity contribution is -0.120. The van der Waals surface area contributed by atoms with Crippen molar-refractivity contribution in [1.82, 2.24) is 10.3 Å². The molecule has 0 aliphatic carbocycles. The summed E-state index contributed by atoms with van der Waals surface area (Å²) in [6.07, 6.45) is 5.51. The number of nitrogens with one attached hydrogen (secondary N) is 1. The topological polar surface area (TPSA) is 68.0 Å². The zero-order chi connectivity index (χ0) is 16.1. The third-order valence-electron chi connectivity index (χ3n) is 3.77. The molecule has 23 heavy (non-hydrogen) atoms. The van der Waals surface area contributed by atoms with Crippen molar-refractivity contribution in [3.8, 4) is 0 Å². The molecule has 4 nitrogen and oxygen atoms in total. The molecule has 1 aromatic heterocycles. The summed E-state index contributed by atoms with van der Waals surface area (Å²) in [5.74, 6) is 0.00896. The van der Waals surface area contributed by atoms with Gasteiger partial charge in [0.15, 0.2) is 0 Å². The van der Waals surface area contributed by atoms with Crippen molar-refractivity contribution >= 4 is 17.7 Å². The van der Waals surface area contributed by atoms with Gasteiger partial charge in [-0.15, -0.1) is 0 Å². The van der Waals surface area contributed by atoms with Crippen LogP contribution in [-0.2, 0) is 11.2 Å². The monoisotopic (exact) mass is 325 g/mol. The highest BCUT2D eigenvalue weighted by Crippen LogP contribution is 2.44. The van der Waals surface area contributed by atoms with Crippen molar-refractivity contribution in [2.24, 2.45) is 5.73 Å². The third kappa shape index (κ3) is 4.13. The first-order chi connectivity index (χ1) is 11.2. The minimum atomic E-state index is 0.00896. The van der Waals surface area contributed by atoms with E-state index in [4.69, 9.17) is 5.73 Å². The molecule has 1 aliphatic rings. The Morgan fingerprint density at radius 1 is 1.22 bits per heavy atom. The van der Waals surface area contributed by atoms with Gasteiger partial charge in [-0.1, -0.05) is 42.1 Å². The zero-order valence-electron chi connectivity index (χ0n) is 12.7. The SMILES string of the molecule is NC1=C(NC(=O)CCc2ccccc2)SC(c2ccncc2)C1. The number of carbonyl (C=O) groups excluding carboxylic acids is 1. The van der Waals surface area contributed by atoms with Crippen LogP contribution in [0.5, 0.6) is 0 Å². The molecule has 2 heterocycles. The van der Waals surface area contributed by atoms with Crippen LogP contribution in [0.25, 0.3) is 0 Å². The van der Waals surface area contributed by atoms with E-state index in [9.17, 15) is 4.79 Å². The van der Waals surface area contributed by atoms with Crippen LogP contribution in [0, 0.1) is 0 Å². The number of allylic oxidation sites excluding steroid dienone is 1. The van der Waals surface area contributed by atoms with E-state index < -0.39 is 0 Å². The largest absolute Gasteiger partial charge is 0.400 e. The van der Waals surface area contributed by atoms with Crippen LogP contribution >= 0.6 is 11.8 Å². The maximum absolute atomic E-state index is 12.1. The number of amides is 1. The van der Waals surface area contributed by atoms with Gasteiger partial charge >= 0.3 is 0 Å². The number of pyridine rings is 1. The number of rotatable bonds is 5. The van der Waals surface area contributed by atoms with Gasteiger partial charge in [-0.3, -0.25) is 9.78 Å². The summed E-state index contributed by atoms with van der Waals surface area (Å²) in [5.41, 5.74) is 9.19. The average Bonchev–Trinajstić information content (AvgIpc) is 2.95. The lowest BCUT2D eigenvalue weighted by atomic mass is 10.1. The predicted molar refractivity (Wildman–Crippen MR) is 93.3 cm³/mol. The molecule has 0 bridgehead atoms. The number of nitrogens with two attached hydrogens (primary N) is 1. The molecule has 0 fully saturated rings. The third-order valence-corrected chi connectivity index (χ3v) is 5.09. The molecule has 1 amide bonds. The minimum Gasteiger partial charge on any atom is -0.400 e. The minimum absolute atomic E-state index is 0.00896. The lowest BCUT2D eigenvalue weighted by Crippen LogP contribution is -2.22. The van der Waals surface area contributed by atoms with Gasteiger partial charge < -0.3 is 11.1 Å². The van der Waals surface area contributed by atoms with Crippen molar-refractivity contribution in [3.05, 3.63) is 76.7 Å². The molecule has 0 radical (unpaired) electrons. The number of benzene rings is 1. The van der Waals surface area contributed by atoms with E-state index in [1.165, 1.54) is 11.1 Å². The summed E-state index contributed by atoms with van der Waals surface area (Å²) in [6.45, 7) is 0. The van der Waals surface area contributed by atoms with E-state index in [0.717, 1.165) is 23.6 Å². The number of hydrogen-bond donors (Lipinski definition) is 2. The zero-order valence-corrected chi connectivity index (χ0v) is 13.6. The fourth-order valence-electron chi connectivity index (χ4n) is 2.52. The highest BCUT2D eigenvalue weighted by Gasteiger charge is 2.25. The number of aromatic nitrogens is 1. The van der Waals surface area contributed by atoms with Crippen molar-refractivity contribution in [2.75, 3.05) is 0 Å². The number of aryl methyl sites for hydroxylation is 1. The Morgan fingerprint density at radius 2 is 1.96 bits per heavy atom. The van der Waals surface area contributed by atoms with Gasteiger partial charge in [-0.05, 0) is 29.7 Å². The standard InChI is InChI=1S/C18H19N3OS/c19-15-12-16(14-8-10-20-11-9-14)23-18(15)21-17(22)7-6-13-4-2-1-3-5-13/h1-5,8-11,16H,6-7,12,19H2,(H,21,22). The van der Waals surface area contributed by atoms with Gasteiger partial charge in [-0.25, -0.2) is 0 Å². The molecule has 2 aromatic rings. The van der Waals surface area contributed by atoms with E-state index in [1.54, 1.807) is 24.2 Å². The van der Waals surface area contributed by atoms with Gasteiger partial charge in [0.2, 0.25) is 5.91 Å². The predicted octanol–water partition coefficient (Wildman–Crippen LogP) is 3.14. The van der Waals surface area contributed by atoms with Crippen LogP contribution in [0.2, 0.25) is 0 Å². The molecule has 1 unspecified atom stereocenters. The highest BCUT2D eigenvalue weighted by atomic mass is 32.2. The normalized spacial score (nSPS) is 17.3. The van der Waals surface area contributed by atoms with Crippen molar-refractivity contribution < 1.29 is 4.79 Å². The quantitative estimate of drug-likeness (QED) is 0.886. The van der Waals surface area contributed by atoms with Crippen molar-refractivity contribution in [3.63, 3.8) is 0 Å². The summed E-state index contributed by atoms with van der Waals surface area (Å²) in [5, 5.41) is 4.01. The molecule has 118 valence electrons. The average molecular weight is 325 g/mol. The van der Waals surface area contributed by atoms with Crippen LogP contribution in [-0.4, -0.2) is 10.9 Å². The molecular formula is C18H19N3OS. The van der Waals surface area contributed by atoms with Gasteiger partial charge in [0.05, 0.1) is 5.03 Å². The highest BCUT2D eigenvalue weighted by molar-refractivity contribution is 8.03. The molecule has 1 atom stereocenters. The molecule has 1 aliphatic heterocycles. The first kappa shape index (κ1) is 15.6. The first-order valence-corrected chi connectivity index (χ1v) is 8.49. The lowest BCUT2D eigenvalue weighted by Gasteiger charge is -2.10. The first-order valence-electron chi connectivity index (χ1n) is 7.61. The maximum Gasteiger partial charge on any atom is 0.225 e. The summed E-state index contributed by atoms with van der Waals surface area (Å²) in [4.78, 5) is 16.2. The summed E-state index contributed by atoms with van der Waals surface area (Å²) in [7, 11) is 0. The summed E-state index contributed by atoms with van der Waals surface area (Å²) < 4.78 is 0. The summed E-state index contributed by atoms with van der Waals surface area (Å²) >= 11 is 1.62. The second-order valence-electron chi connectivity index (χ2n) is 5.48. The van der Waals surface area contributed by atoms with Crippen LogP contribution < -0.4 is 11.1 Å². The summed E-state index contributed by atoms with van der Waals surface area (Å²) in [6, 6.07) is 14.0. The number of thioether (sulfide) groups is 1. The maximum atomic E-state index is 12.1. The van der Waals surface area contributed by atoms with E-state index >= 15 is 0 Å². The van der Waals surface area contributed by atoms with Crippen LogP contribution in [0.15, 0.2) is 65.6 Å². The number of nitrogens with zero attached hydrogens (tertiary/aromatic N) is 1. The Morgan fingerprint density at radius 3 is 2.70 bits per heavy atom. The van der Waals surface area contributed by atoms with Gasteiger partial charge in [0.1, 0.15) is 0 Å². The van der Waals surface area contributed by atoms with Crippen LogP contribution in [0.1, 0.15) is 29.2 Å². The van der Waals surface area contributed by atoms with Crippen LogP contribution in [0.4, 0.5) is 0 Å². The Labute approximate surface area is 140 Å². The number of hydrogen-bond acceptors (Lipinski definition) is 4. The van der Waals surface area contributed by atoms with Crippen LogP contribution in [0.3, 0.4) is 0 Å². The molecule has 0 saturated heterocycles. The van der Waals surface area contributed by atoms with Crippen molar-refractivity contribution in [2.45, 2.75) is 24.5 Å². The van der Waals surface area contributed by atoms with Gasteiger partial charge in [0.25, 0.3) is 0 Å². The molecule has 1 aromatic carbocycles.